The summed E-state index contributed by atoms with van der Waals surface area (Å²) >= 11 is 0. The largest absolute Gasteiger partial charge is 0.482 e. The molecule has 1 fully saturated rings. The summed E-state index contributed by atoms with van der Waals surface area (Å²) in [4.78, 5) is 37.6. The van der Waals surface area contributed by atoms with Crippen LogP contribution in [0.1, 0.15) is 33.1 Å². The van der Waals surface area contributed by atoms with Crippen LogP contribution in [0.5, 0.6) is 5.75 Å². The monoisotopic (exact) mass is 438 g/mol. The summed E-state index contributed by atoms with van der Waals surface area (Å²) in [5.74, 6) is -0.677. The van der Waals surface area contributed by atoms with Crippen molar-refractivity contribution in [2.24, 2.45) is 5.92 Å². The van der Waals surface area contributed by atoms with Crippen LogP contribution in [-0.4, -0.2) is 62.7 Å². The number of fused-ring (bicyclic) bond motifs is 1. The molecule has 1 atom stereocenters. The third-order valence-corrected chi connectivity index (χ3v) is 7.51. The summed E-state index contributed by atoms with van der Waals surface area (Å²) in [5, 5.41) is 1.65. The van der Waals surface area contributed by atoms with E-state index in [1.54, 1.807) is 11.8 Å². The number of sulfone groups is 1. The van der Waals surface area contributed by atoms with Crippen LogP contribution in [0, 0.1) is 5.92 Å². The van der Waals surface area contributed by atoms with E-state index in [1.807, 2.05) is 0 Å². The van der Waals surface area contributed by atoms with Gasteiger partial charge in [-0.05, 0) is 44.9 Å². The Balaban J connectivity index is 1.62. The number of likely N-dealkylation sites (tertiary alicyclic amines) is 1. The molecule has 2 aliphatic rings. The highest BCUT2D eigenvalue weighted by atomic mass is 32.2. The maximum absolute atomic E-state index is 12.9. The molecule has 1 aromatic rings. The minimum atomic E-state index is -3.78. The molecule has 2 heterocycles. The van der Waals surface area contributed by atoms with Crippen LogP contribution in [0.2, 0.25) is 0 Å². The highest BCUT2D eigenvalue weighted by molar-refractivity contribution is 7.92. The molecule has 3 rings (SSSR count). The zero-order valence-electron chi connectivity index (χ0n) is 17.0. The Hall–Kier alpha value is -2.62. The van der Waals surface area contributed by atoms with Crippen LogP contribution in [0.25, 0.3) is 0 Å². The zero-order valence-corrected chi connectivity index (χ0v) is 17.9. The fraction of sp³-hybridized carbons (Fsp3) is 0.550. The number of hydrogen-bond acceptors (Lipinski definition) is 7. The fourth-order valence-electron chi connectivity index (χ4n) is 3.58. The lowest BCUT2D eigenvalue weighted by Crippen LogP contribution is -2.42. The molecule has 0 saturated carbocycles. The van der Waals surface area contributed by atoms with Crippen LogP contribution >= 0.6 is 0 Å². The van der Waals surface area contributed by atoms with E-state index in [2.05, 4.69) is 5.32 Å². The number of rotatable bonds is 6. The smallest absolute Gasteiger partial charge is 0.309 e. The number of esters is 1. The summed E-state index contributed by atoms with van der Waals surface area (Å²) < 4.78 is 36.2. The average Bonchev–Trinajstić information content (AvgIpc) is 2.73. The predicted octanol–water partition coefficient (Wildman–Crippen LogP) is 1.37. The van der Waals surface area contributed by atoms with Crippen molar-refractivity contribution >= 4 is 33.3 Å². The fourth-order valence-corrected chi connectivity index (χ4v) is 4.95. The van der Waals surface area contributed by atoms with Crippen molar-refractivity contribution in [3.8, 4) is 5.75 Å². The molecule has 0 aromatic heterocycles. The van der Waals surface area contributed by atoms with E-state index >= 15 is 0 Å². The maximum atomic E-state index is 12.9. The molecule has 2 aliphatic heterocycles. The summed E-state index contributed by atoms with van der Waals surface area (Å²) in [6.45, 7) is 4.26. The number of amides is 2. The van der Waals surface area contributed by atoms with E-state index in [-0.39, 0.29) is 41.6 Å². The van der Waals surface area contributed by atoms with Gasteiger partial charge in [0, 0.05) is 19.5 Å². The van der Waals surface area contributed by atoms with Gasteiger partial charge in [-0.1, -0.05) is 0 Å². The molecule has 1 saturated heterocycles. The number of anilines is 1. The number of benzene rings is 1. The summed E-state index contributed by atoms with van der Waals surface area (Å²) in [6.07, 6.45) is 0.860. The van der Waals surface area contributed by atoms with Crippen molar-refractivity contribution in [3.63, 3.8) is 0 Å². The first-order chi connectivity index (χ1) is 14.2. The van der Waals surface area contributed by atoms with Gasteiger partial charge in [0.05, 0.1) is 28.4 Å². The molecule has 0 unspecified atom stereocenters. The highest BCUT2D eigenvalue weighted by Gasteiger charge is 2.32. The number of piperidine rings is 1. The first kappa shape index (κ1) is 22.1. The van der Waals surface area contributed by atoms with Crippen molar-refractivity contribution < 1.29 is 32.3 Å². The number of nitrogens with zero attached hydrogens (tertiary/aromatic N) is 1. The Labute approximate surface area is 175 Å². The van der Waals surface area contributed by atoms with Crippen LogP contribution in [0.3, 0.4) is 0 Å². The second-order valence-electron chi connectivity index (χ2n) is 7.46. The van der Waals surface area contributed by atoms with Crippen molar-refractivity contribution in [1.82, 2.24) is 4.90 Å². The average molecular weight is 439 g/mol. The lowest BCUT2D eigenvalue weighted by Gasteiger charge is -2.31. The van der Waals surface area contributed by atoms with Gasteiger partial charge in [0.25, 0.3) is 5.91 Å². The lowest BCUT2D eigenvalue weighted by atomic mass is 9.97. The van der Waals surface area contributed by atoms with Gasteiger partial charge in [0.15, 0.2) is 16.4 Å². The Bertz CT molecular complexity index is 936. The Kier molecular flexibility index (Phi) is 6.64. The van der Waals surface area contributed by atoms with E-state index < -0.39 is 15.1 Å². The lowest BCUT2D eigenvalue weighted by molar-refractivity contribution is -0.151. The van der Waals surface area contributed by atoms with E-state index in [0.717, 1.165) is 0 Å². The van der Waals surface area contributed by atoms with Crippen LogP contribution < -0.4 is 10.1 Å². The minimum Gasteiger partial charge on any atom is -0.482 e. The van der Waals surface area contributed by atoms with E-state index in [1.165, 1.54) is 25.1 Å². The van der Waals surface area contributed by atoms with Gasteiger partial charge in [-0.25, -0.2) is 8.42 Å². The SMILES string of the molecule is CCOC(=O)C1CCN(C(=O)C[C@@H](C)S(=O)(=O)c2ccc3c(c2)NC(=O)CO3)CC1. The van der Waals surface area contributed by atoms with Crippen molar-refractivity contribution in [2.75, 3.05) is 31.6 Å². The zero-order chi connectivity index (χ0) is 21.9. The molecule has 164 valence electrons. The summed E-state index contributed by atoms with van der Waals surface area (Å²) in [6, 6.07) is 4.27. The van der Waals surface area contributed by atoms with E-state index in [9.17, 15) is 22.8 Å². The molecule has 9 nitrogen and oxygen atoms in total. The van der Waals surface area contributed by atoms with Crippen molar-refractivity contribution in [2.45, 2.75) is 43.3 Å². The molecule has 1 aromatic carbocycles. The number of hydrogen-bond donors (Lipinski definition) is 1. The van der Waals surface area contributed by atoms with Gasteiger partial charge in [0.1, 0.15) is 5.75 Å². The van der Waals surface area contributed by atoms with E-state index in [4.69, 9.17) is 9.47 Å². The molecule has 2 amide bonds. The molecular weight excluding hydrogens is 412 g/mol. The molecule has 0 aliphatic carbocycles. The van der Waals surface area contributed by atoms with Crippen LogP contribution in [0.15, 0.2) is 23.1 Å². The number of ether oxygens (including phenoxy) is 2. The second-order valence-corrected chi connectivity index (χ2v) is 9.83. The number of carbonyl (C=O) groups excluding carboxylic acids is 3. The van der Waals surface area contributed by atoms with Crippen LogP contribution in [-0.2, 0) is 29.0 Å². The Morgan fingerprint density at radius 2 is 2.00 bits per heavy atom. The first-order valence-electron chi connectivity index (χ1n) is 9.97. The van der Waals surface area contributed by atoms with Crippen molar-refractivity contribution in [3.05, 3.63) is 18.2 Å². The molecule has 30 heavy (non-hydrogen) atoms. The normalized spacial score (nSPS) is 18.1. The molecule has 0 radical (unpaired) electrons. The molecule has 0 bridgehead atoms. The van der Waals surface area contributed by atoms with Gasteiger partial charge in [-0.3, -0.25) is 14.4 Å². The minimum absolute atomic E-state index is 0.0216. The molecule has 0 spiro atoms. The topological polar surface area (TPSA) is 119 Å². The third-order valence-electron chi connectivity index (χ3n) is 5.37. The predicted molar refractivity (Wildman–Crippen MR) is 108 cm³/mol. The van der Waals surface area contributed by atoms with Gasteiger partial charge in [0.2, 0.25) is 5.91 Å². The second kappa shape index (κ2) is 9.03. The van der Waals surface area contributed by atoms with E-state index in [0.29, 0.717) is 44.0 Å². The molecular formula is C20H26N2O7S. The van der Waals surface area contributed by atoms with Gasteiger partial charge in [-0.15, -0.1) is 0 Å². The van der Waals surface area contributed by atoms with Gasteiger partial charge < -0.3 is 19.7 Å². The summed E-state index contributed by atoms with van der Waals surface area (Å²) in [7, 11) is -3.78. The van der Waals surface area contributed by atoms with Gasteiger partial charge in [-0.2, -0.15) is 0 Å². The number of carbonyl (C=O) groups is 3. The standard InChI is InChI=1S/C20H26N2O7S/c1-3-28-20(25)14-6-8-22(9-7-14)19(24)10-13(2)30(26,27)15-4-5-17-16(11-15)21-18(23)12-29-17/h4-5,11,13-14H,3,6-10,12H2,1-2H3,(H,21,23)/t13-/m1/s1. The highest BCUT2D eigenvalue weighted by Crippen LogP contribution is 2.32. The summed E-state index contributed by atoms with van der Waals surface area (Å²) in [5.41, 5.74) is 0.298. The van der Waals surface area contributed by atoms with Gasteiger partial charge >= 0.3 is 5.97 Å². The molecule has 10 heteroatoms. The van der Waals surface area contributed by atoms with Crippen molar-refractivity contribution in [1.29, 1.82) is 0 Å². The Morgan fingerprint density at radius 1 is 1.30 bits per heavy atom. The third kappa shape index (κ3) is 4.75. The quantitative estimate of drug-likeness (QED) is 0.666. The number of nitrogens with one attached hydrogen (secondary N) is 1. The maximum Gasteiger partial charge on any atom is 0.309 e. The first-order valence-corrected chi connectivity index (χ1v) is 11.5. The Morgan fingerprint density at radius 3 is 2.67 bits per heavy atom. The molecule has 1 N–H and O–H groups in total. The van der Waals surface area contributed by atoms with Crippen LogP contribution in [0.4, 0.5) is 5.69 Å².